The minimum atomic E-state index is -4.69. The summed E-state index contributed by atoms with van der Waals surface area (Å²) in [5.74, 6) is -0.403. The number of carbonyl (C=O) groups is 1. The molecule has 1 aromatic carbocycles. The zero-order valence-electron chi connectivity index (χ0n) is 11.0. The Morgan fingerprint density at radius 1 is 1.35 bits per heavy atom. The van der Waals surface area contributed by atoms with Crippen LogP contribution in [-0.2, 0) is 11.2 Å². The van der Waals surface area contributed by atoms with Crippen LogP contribution < -0.4 is 15.8 Å². The van der Waals surface area contributed by atoms with Gasteiger partial charge in [-0.25, -0.2) is 0 Å². The van der Waals surface area contributed by atoms with E-state index < -0.39 is 6.36 Å². The summed E-state index contributed by atoms with van der Waals surface area (Å²) in [6.45, 7) is 2.14. The van der Waals surface area contributed by atoms with Gasteiger partial charge in [0, 0.05) is 19.0 Å². The van der Waals surface area contributed by atoms with E-state index in [0.717, 1.165) is 5.56 Å². The molecule has 20 heavy (non-hydrogen) atoms. The number of ether oxygens (including phenoxy) is 1. The Morgan fingerprint density at radius 3 is 2.45 bits per heavy atom. The molecule has 1 atom stereocenters. The fourth-order valence-corrected chi connectivity index (χ4v) is 1.57. The predicted molar refractivity (Wildman–Crippen MR) is 68.1 cm³/mol. The summed E-state index contributed by atoms with van der Waals surface area (Å²) < 4.78 is 39.6. The first kappa shape index (κ1) is 16.3. The molecule has 0 saturated heterocycles. The highest BCUT2D eigenvalue weighted by Crippen LogP contribution is 2.22. The Bertz CT molecular complexity index is 430. The van der Waals surface area contributed by atoms with Crippen molar-refractivity contribution in [1.29, 1.82) is 0 Å². The Kier molecular flexibility index (Phi) is 5.82. The summed E-state index contributed by atoms with van der Waals surface area (Å²) in [6.07, 6.45) is -3.91. The van der Waals surface area contributed by atoms with Gasteiger partial charge in [-0.05, 0) is 31.0 Å². The number of carbonyl (C=O) groups excluding carboxylic acids is 1. The van der Waals surface area contributed by atoms with Crippen molar-refractivity contribution in [2.45, 2.75) is 32.2 Å². The largest absolute Gasteiger partial charge is 0.573 e. The number of hydrogen-bond donors (Lipinski definition) is 2. The van der Waals surface area contributed by atoms with Crippen LogP contribution in [0.5, 0.6) is 5.75 Å². The van der Waals surface area contributed by atoms with Gasteiger partial charge in [-0.2, -0.15) is 0 Å². The molecule has 0 aliphatic heterocycles. The first-order valence-corrected chi connectivity index (χ1v) is 6.13. The molecule has 1 unspecified atom stereocenters. The average molecular weight is 290 g/mol. The summed E-state index contributed by atoms with van der Waals surface area (Å²) >= 11 is 0. The van der Waals surface area contributed by atoms with Gasteiger partial charge < -0.3 is 15.8 Å². The second-order valence-electron chi connectivity index (χ2n) is 4.47. The van der Waals surface area contributed by atoms with E-state index in [1.54, 1.807) is 6.92 Å². The van der Waals surface area contributed by atoms with Gasteiger partial charge in [0.2, 0.25) is 5.91 Å². The molecule has 1 amide bonds. The van der Waals surface area contributed by atoms with Crippen LogP contribution in [0.3, 0.4) is 0 Å². The van der Waals surface area contributed by atoms with E-state index in [4.69, 9.17) is 5.73 Å². The van der Waals surface area contributed by atoms with Crippen LogP contribution >= 0.6 is 0 Å². The highest BCUT2D eigenvalue weighted by molar-refractivity contribution is 5.76. The van der Waals surface area contributed by atoms with Crippen molar-refractivity contribution < 1.29 is 22.7 Å². The molecule has 0 bridgehead atoms. The Labute approximate surface area is 115 Å². The molecule has 112 valence electrons. The molecule has 1 aromatic rings. The van der Waals surface area contributed by atoms with E-state index in [0.29, 0.717) is 13.0 Å². The monoisotopic (exact) mass is 290 g/mol. The van der Waals surface area contributed by atoms with Gasteiger partial charge in [-0.15, -0.1) is 13.2 Å². The molecule has 0 aliphatic carbocycles. The Hall–Kier alpha value is -1.76. The fraction of sp³-hybridized carbons (Fsp3) is 0.462. The lowest BCUT2D eigenvalue weighted by Crippen LogP contribution is -2.31. The number of hydrogen-bond acceptors (Lipinski definition) is 3. The summed E-state index contributed by atoms with van der Waals surface area (Å²) in [5.41, 5.74) is 6.28. The van der Waals surface area contributed by atoms with Gasteiger partial charge in [0.15, 0.2) is 0 Å². The van der Waals surface area contributed by atoms with Crippen molar-refractivity contribution in [1.82, 2.24) is 5.32 Å². The van der Waals surface area contributed by atoms with Crippen LogP contribution in [0.25, 0.3) is 0 Å². The molecule has 0 spiro atoms. The maximum atomic E-state index is 12.0. The minimum Gasteiger partial charge on any atom is -0.406 e. The lowest BCUT2D eigenvalue weighted by molar-refractivity contribution is -0.274. The van der Waals surface area contributed by atoms with Gasteiger partial charge in [0.1, 0.15) is 5.75 Å². The van der Waals surface area contributed by atoms with E-state index in [-0.39, 0.29) is 24.1 Å². The third kappa shape index (κ3) is 6.98. The summed E-state index contributed by atoms with van der Waals surface area (Å²) in [6, 6.07) is 5.34. The second kappa shape index (κ2) is 7.14. The smallest absolute Gasteiger partial charge is 0.406 e. The number of nitrogens with one attached hydrogen (secondary N) is 1. The van der Waals surface area contributed by atoms with Crippen molar-refractivity contribution in [2.24, 2.45) is 5.73 Å². The zero-order valence-corrected chi connectivity index (χ0v) is 11.0. The number of amides is 1. The molecular formula is C13H17F3N2O2. The van der Waals surface area contributed by atoms with Crippen LogP contribution in [-0.4, -0.2) is 24.9 Å². The Morgan fingerprint density at radius 2 is 1.95 bits per heavy atom. The van der Waals surface area contributed by atoms with Gasteiger partial charge in [-0.1, -0.05) is 12.1 Å². The lowest BCUT2D eigenvalue weighted by Gasteiger charge is -2.10. The number of alkyl halides is 3. The van der Waals surface area contributed by atoms with Crippen LogP contribution in [0.4, 0.5) is 13.2 Å². The van der Waals surface area contributed by atoms with Crippen LogP contribution in [0.1, 0.15) is 18.9 Å². The van der Waals surface area contributed by atoms with Crippen molar-refractivity contribution >= 4 is 5.91 Å². The number of halogens is 3. The van der Waals surface area contributed by atoms with E-state index in [2.05, 4.69) is 10.1 Å². The van der Waals surface area contributed by atoms with E-state index in [1.807, 2.05) is 0 Å². The highest BCUT2D eigenvalue weighted by Gasteiger charge is 2.30. The quantitative estimate of drug-likeness (QED) is 0.842. The van der Waals surface area contributed by atoms with Crippen molar-refractivity contribution in [3.8, 4) is 5.75 Å². The maximum Gasteiger partial charge on any atom is 0.573 e. The molecule has 7 heteroatoms. The van der Waals surface area contributed by atoms with Crippen molar-refractivity contribution in [2.75, 3.05) is 6.54 Å². The van der Waals surface area contributed by atoms with Gasteiger partial charge in [0.25, 0.3) is 0 Å². The molecule has 1 rings (SSSR count). The van der Waals surface area contributed by atoms with Crippen molar-refractivity contribution in [3.63, 3.8) is 0 Å². The van der Waals surface area contributed by atoms with Crippen LogP contribution in [0.2, 0.25) is 0 Å². The lowest BCUT2D eigenvalue weighted by atomic mass is 10.1. The minimum absolute atomic E-state index is 0.142. The molecule has 0 heterocycles. The highest BCUT2D eigenvalue weighted by atomic mass is 19.4. The average Bonchev–Trinajstić information content (AvgIpc) is 2.28. The van der Waals surface area contributed by atoms with Crippen LogP contribution in [0.15, 0.2) is 24.3 Å². The summed E-state index contributed by atoms with van der Waals surface area (Å²) in [5, 5.41) is 2.69. The van der Waals surface area contributed by atoms with Crippen LogP contribution in [0, 0.1) is 0 Å². The fourth-order valence-electron chi connectivity index (χ4n) is 1.57. The Balaban J connectivity index is 2.37. The molecule has 0 aromatic heterocycles. The topological polar surface area (TPSA) is 64.4 Å². The summed E-state index contributed by atoms with van der Waals surface area (Å²) in [4.78, 5) is 11.3. The maximum absolute atomic E-state index is 12.0. The molecule has 4 nitrogen and oxygen atoms in total. The standard InChI is InChI=1S/C13H17F3N2O2/c1-9(17)8-12(19)18-7-6-10-2-4-11(5-3-10)20-13(14,15)16/h2-5,9H,6-8,17H2,1H3,(H,18,19). The SMILES string of the molecule is CC(N)CC(=O)NCCc1ccc(OC(F)(F)F)cc1. The molecule has 0 saturated carbocycles. The van der Waals surface area contributed by atoms with E-state index in [1.165, 1.54) is 24.3 Å². The zero-order chi connectivity index (χ0) is 15.2. The molecule has 0 aliphatic rings. The molecule has 0 fully saturated rings. The third-order valence-electron chi connectivity index (χ3n) is 2.40. The van der Waals surface area contributed by atoms with E-state index >= 15 is 0 Å². The second-order valence-corrected chi connectivity index (χ2v) is 4.47. The first-order chi connectivity index (χ1) is 9.26. The van der Waals surface area contributed by atoms with Gasteiger partial charge in [0.05, 0.1) is 0 Å². The van der Waals surface area contributed by atoms with Gasteiger partial charge in [-0.3, -0.25) is 4.79 Å². The normalized spacial score (nSPS) is 12.8. The molecule has 3 N–H and O–H groups in total. The summed E-state index contributed by atoms with van der Waals surface area (Å²) in [7, 11) is 0. The predicted octanol–water partition coefficient (Wildman–Crippen LogP) is 1.98. The number of rotatable bonds is 6. The number of benzene rings is 1. The van der Waals surface area contributed by atoms with Gasteiger partial charge >= 0.3 is 6.36 Å². The van der Waals surface area contributed by atoms with E-state index in [9.17, 15) is 18.0 Å². The first-order valence-electron chi connectivity index (χ1n) is 6.13. The third-order valence-corrected chi connectivity index (χ3v) is 2.40. The molecular weight excluding hydrogens is 273 g/mol. The van der Waals surface area contributed by atoms with Crippen molar-refractivity contribution in [3.05, 3.63) is 29.8 Å². The number of nitrogens with two attached hydrogens (primary N) is 1. The molecule has 0 radical (unpaired) electrons.